The molecule has 0 aromatic rings. The summed E-state index contributed by atoms with van der Waals surface area (Å²) in [5.41, 5.74) is -2.26. The molecule has 4 saturated carbocycles. The first-order chi connectivity index (χ1) is 9.17. The van der Waals surface area contributed by atoms with Crippen LogP contribution in [0.3, 0.4) is 0 Å². The van der Waals surface area contributed by atoms with Gasteiger partial charge in [0.15, 0.2) is 0 Å². The summed E-state index contributed by atoms with van der Waals surface area (Å²) in [6, 6.07) is 0. The van der Waals surface area contributed by atoms with Crippen LogP contribution in [0.2, 0.25) is 0 Å². The Bertz CT molecular complexity index is 432. The molecule has 4 fully saturated rings. The fraction of sp³-hybridized carbons (Fsp3) is 0.938. The summed E-state index contributed by atoms with van der Waals surface area (Å²) in [4.78, 5) is 12.3. The highest BCUT2D eigenvalue weighted by Crippen LogP contribution is 2.58. The van der Waals surface area contributed by atoms with Gasteiger partial charge < -0.3 is 14.9 Å². The minimum atomic E-state index is -1.02. The van der Waals surface area contributed by atoms with Gasteiger partial charge in [-0.2, -0.15) is 0 Å². The summed E-state index contributed by atoms with van der Waals surface area (Å²) in [5.74, 6) is 0.271. The third kappa shape index (κ3) is 2.08. The van der Waals surface area contributed by atoms with Crippen LogP contribution in [-0.2, 0) is 9.53 Å². The van der Waals surface area contributed by atoms with Crippen LogP contribution in [-0.4, -0.2) is 33.5 Å². The van der Waals surface area contributed by atoms with Crippen molar-refractivity contribution in [1.82, 2.24) is 0 Å². The van der Waals surface area contributed by atoms with Gasteiger partial charge in [0, 0.05) is 12.3 Å². The van der Waals surface area contributed by atoms with E-state index in [4.69, 9.17) is 4.74 Å². The van der Waals surface area contributed by atoms with E-state index in [1.807, 2.05) is 20.8 Å². The number of rotatable bonds is 3. The summed E-state index contributed by atoms with van der Waals surface area (Å²) >= 11 is 0. The van der Waals surface area contributed by atoms with E-state index in [0.29, 0.717) is 31.6 Å². The first-order valence-electron chi connectivity index (χ1n) is 7.83. The molecular weight excluding hydrogens is 256 g/mol. The lowest BCUT2D eigenvalue weighted by molar-refractivity contribution is -0.262. The van der Waals surface area contributed by atoms with Crippen molar-refractivity contribution in [3.8, 4) is 0 Å². The Morgan fingerprint density at radius 2 is 2.00 bits per heavy atom. The number of aliphatic hydroxyl groups is 2. The maximum atomic E-state index is 12.3. The van der Waals surface area contributed by atoms with E-state index in [2.05, 4.69) is 0 Å². The Kier molecular flexibility index (Phi) is 3.01. The lowest BCUT2D eigenvalue weighted by atomic mass is 9.51. The normalized spacial score (nSPS) is 46.5. The Hall–Kier alpha value is -0.610. The van der Waals surface area contributed by atoms with E-state index in [0.717, 1.165) is 12.8 Å². The topological polar surface area (TPSA) is 66.8 Å². The van der Waals surface area contributed by atoms with E-state index in [-0.39, 0.29) is 11.9 Å². The van der Waals surface area contributed by atoms with Gasteiger partial charge >= 0.3 is 5.97 Å². The highest BCUT2D eigenvalue weighted by molar-refractivity contribution is 5.76. The molecule has 4 heteroatoms. The molecule has 2 N–H and O–H groups in total. The predicted octanol–water partition coefficient (Wildman–Crippen LogP) is 2.02. The van der Waals surface area contributed by atoms with Gasteiger partial charge in [-0.3, -0.25) is 4.79 Å². The molecule has 4 nitrogen and oxygen atoms in total. The quantitative estimate of drug-likeness (QED) is 0.777. The molecule has 0 aromatic heterocycles. The zero-order chi connectivity index (χ0) is 14.8. The van der Waals surface area contributed by atoms with E-state index < -0.39 is 22.7 Å². The number of hydrogen-bond acceptors (Lipinski definition) is 4. The summed E-state index contributed by atoms with van der Waals surface area (Å²) in [6.07, 6.45) is 3.73. The van der Waals surface area contributed by atoms with Crippen molar-refractivity contribution in [1.29, 1.82) is 0 Å². The maximum absolute atomic E-state index is 12.3. The fourth-order valence-corrected chi connectivity index (χ4v) is 4.66. The van der Waals surface area contributed by atoms with Gasteiger partial charge in [0.1, 0.15) is 11.7 Å². The average molecular weight is 282 g/mol. The first kappa shape index (κ1) is 14.3. The van der Waals surface area contributed by atoms with Crippen molar-refractivity contribution in [2.45, 2.75) is 76.6 Å². The second-order valence-electron chi connectivity index (χ2n) is 8.04. The fourth-order valence-electron chi connectivity index (χ4n) is 4.66. The van der Waals surface area contributed by atoms with Gasteiger partial charge in [-0.25, -0.2) is 0 Å². The molecule has 0 spiro atoms. The Balaban J connectivity index is 1.80. The monoisotopic (exact) mass is 282 g/mol. The largest absolute Gasteiger partial charge is 0.459 e. The zero-order valence-electron chi connectivity index (χ0n) is 12.7. The second-order valence-corrected chi connectivity index (χ2v) is 8.04. The molecule has 0 heterocycles. The molecule has 0 aromatic carbocycles. The standard InChI is InChI=1S/C16H26O4/c1-4-14(2,3)13(17)20-12-11-5-10-6-15(18,8-11)9-16(12,19)7-10/h10-12,18-19H,4-9H2,1-3H3. The minimum absolute atomic E-state index is 0.114. The van der Waals surface area contributed by atoms with Crippen molar-refractivity contribution >= 4 is 5.97 Å². The summed E-state index contributed by atoms with van der Waals surface area (Å²) < 4.78 is 5.73. The van der Waals surface area contributed by atoms with E-state index in [9.17, 15) is 15.0 Å². The molecule has 0 aliphatic heterocycles. The van der Waals surface area contributed by atoms with Gasteiger partial charge in [0.2, 0.25) is 0 Å². The van der Waals surface area contributed by atoms with Crippen molar-refractivity contribution in [2.24, 2.45) is 17.3 Å². The third-order valence-corrected chi connectivity index (χ3v) is 5.85. The highest BCUT2D eigenvalue weighted by atomic mass is 16.6. The third-order valence-electron chi connectivity index (χ3n) is 5.85. The Labute approximate surface area is 120 Å². The molecule has 20 heavy (non-hydrogen) atoms. The Morgan fingerprint density at radius 1 is 1.30 bits per heavy atom. The predicted molar refractivity (Wildman–Crippen MR) is 73.9 cm³/mol. The van der Waals surface area contributed by atoms with Crippen molar-refractivity contribution < 1.29 is 19.7 Å². The van der Waals surface area contributed by atoms with Gasteiger partial charge in [-0.05, 0) is 51.9 Å². The van der Waals surface area contributed by atoms with Crippen LogP contribution in [0.1, 0.15) is 59.3 Å². The van der Waals surface area contributed by atoms with Crippen molar-refractivity contribution in [2.75, 3.05) is 0 Å². The van der Waals surface area contributed by atoms with Gasteiger partial charge in [0.25, 0.3) is 0 Å². The first-order valence-corrected chi connectivity index (χ1v) is 7.83. The van der Waals surface area contributed by atoms with Crippen LogP contribution in [0.4, 0.5) is 0 Å². The minimum Gasteiger partial charge on any atom is -0.459 e. The van der Waals surface area contributed by atoms with Crippen LogP contribution in [0.5, 0.6) is 0 Å². The van der Waals surface area contributed by atoms with E-state index >= 15 is 0 Å². The molecule has 114 valence electrons. The van der Waals surface area contributed by atoms with Crippen LogP contribution in [0.25, 0.3) is 0 Å². The number of carbonyl (C=O) groups excluding carboxylic acids is 1. The molecule has 5 atom stereocenters. The zero-order valence-corrected chi connectivity index (χ0v) is 12.7. The molecule has 4 rings (SSSR count). The number of ether oxygens (including phenoxy) is 1. The molecule has 0 saturated heterocycles. The SMILES string of the molecule is CCC(C)(C)C(=O)OC1C2CC3CC(O)(C2)CC1(O)C3. The molecule has 4 bridgehead atoms. The summed E-state index contributed by atoms with van der Waals surface area (Å²) in [6.45, 7) is 5.72. The maximum Gasteiger partial charge on any atom is 0.311 e. The lowest BCUT2D eigenvalue weighted by Crippen LogP contribution is -2.67. The second kappa shape index (κ2) is 4.20. The van der Waals surface area contributed by atoms with Gasteiger partial charge in [0.05, 0.1) is 11.0 Å². The molecule has 0 radical (unpaired) electrons. The molecular formula is C16H26O4. The lowest BCUT2D eigenvalue weighted by Gasteiger charge is -2.61. The van der Waals surface area contributed by atoms with Crippen LogP contribution in [0, 0.1) is 17.3 Å². The summed E-state index contributed by atoms with van der Waals surface area (Å²) in [7, 11) is 0. The van der Waals surface area contributed by atoms with Crippen molar-refractivity contribution in [3.63, 3.8) is 0 Å². The molecule has 4 aliphatic carbocycles. The number of carbonyl (C=O) groups is 1. The van der Waals surface area contributed by atoms with Crippen molar-refractivity contribution in [3.05, 3.63) is 0 Å². The number of hydrogen-bond donors (Lipinski definition) is 2. The molecule has 4 aliphatic rings. The highest BCUT2D eigenvalue weighted by Gasteiger charge is 2.63. The van der Waals surface area contributed by atoms with Crippen LogP contribution < -0.4 is 0 Å². The van der Waals surface area contributed by atoms with E-state index in [1.54, 1.807) is 0 Å². The number of esters is 1. The Morgan fingerprint density at radius 3 is 2.55 bits per heavy atom. The van der Waals surface area contributed by atoms with E-state index in [1.165, 1.54) is 0 Å². The summed E-state index contributed by atoms with van der Waals surface area (Å²) in [5, 5.41) is 21.4. The molecule has 5 unspecified atom stereocenters. The average Bonchev–Trinajstić information content (AvgIpc) is 2.30. The van der Waals surface area contributed by atoms with Gasteiger partial charge in [-0.15, -0.1) is 0 Å². The van der Waals surface area contributed by atoms with Crippen LogP contribution in [0.15, 0.2) is 0 Å². The van der Waals surface area contributed by atoms with Gasteiger partial charge in [-0.1, -0.05) is 6.92 Å². The van der Waals surface area contributed by atoms with Crippen LogP contribution >= 0.6 is 0 Å². The smallest absolute Gasteiger partial charge is 0.311 e. The molecule has 0 amide bonds.